The highest BCUT2D eigenvalue weighted by Crippen LogP contribution is 2.15. The van der Waals surface area contributed by atoms with E-state index in [1.54, 1.807) is 0 Å². The maximum absolute atomic E-state index is 4.28. The first-order valence-electron chi connectivity index (χ1n) is 8.45. The van der Waals surface area contributed by atoms with Gasteiger partial charge in [0.15, 0.2) is 5.96 Å². The summed E-state index contributed by atoms with van der Waals surface area (Å²) < 4.78 is 1.95. The normalized spacial score (nSPS) is 19.2. The third-order valence-electron chi connectivity index (χ3n) is 4.27. The van der Waals surface area contributed by atoms with Gasteiger partial charge in [-0.25, -0.2) is 0 Å². The van der Waals surface area contributed by atoms with Gasteiger partial charge in [-0.3, -0.25) is 14.6 Å². The Balaban J connectivity index is 0.00000264. The van der Waals surface area contributed by atoms with Crippen LogP contribution in [0, 0.1) is 0 Å². The molecule has 1 aromatic heterocycles. The molecule has 2 N–H and O–H groups in total. The second kappa shape index (κ2) is 11.7. The van der Waals surface area contributed by atoms with Crippen LogP contribution in [-0.4, -0.2) is 59.9 Å². The Labute approximate surface area is 157 Å². The van der Waals surface area contributed by atoms with Crippen molar-refractivity contribution in [3.8, 4) is 0 Å². The van der Waals surface area contributed by atoms with Crippen molar-refractivity contribution in [2.24, 2.45) is 4.99 Å². The lowest BCUT2D eigenvalue weighted by atomic mass is 10.0. The van der Waals surface area contributed by atoms with Crippen LogP contribution in [-0.2, 0) is 6.54 Å². The van der Waals surface area contributed by atoms with Crippen LogP contribution in [0.15, 0.2) is 23.5 Å². The standard InChI is InChI=1S/C16H30N6.HI/c1-15-7-3-4-11-21(15)14-10-19-16(17-2)18-8-5-12-22-13-6-9-20-22;/h6,9,13,15H,3-5,7-8,10-12,14H2,1-2H3,(H2,17,18,19);1H. The molecule has 132 valence electrons. The molecule has 2 heterocycles. The number of nitrogens with zero attached hydrogens (tertiary/aromatic N) is 4. The number of piperidine rings is 1. The van der Waals surface area contributed by atoms with Crippen LogP contribution in [0.4, 0.5) is 0 Å². The summed E-state index contributed by atoms with van der Waals surface area (Å²) in [7, 11) is 1.83. The first kappa shape index (κ1) is 20.2. The fourth-order valence-electron chi connectivity index (χ4n) is 2.91. The highest BCUT2D eigenvalue weighted by atomic mass is 127. The first-order chi connectivity index (χ1) is 10.8. The number of aryl methyl sites for hydroxylation is 1. The topological polar surface area (TPSA) is 57.5 Å². The van der Waals surface area contributed by atoms with Gasteiger partial charge in [0.2, 0.25) is 0 Å². The molecule has 1 aliphatic rings. The number of aliphatic imine (C=N–C) groups is 1. The number of guanidine groups is 1. The number of likely N-dealkylation sites (tertiary alicyclic amines) is 1. The Kier molecular flexibility index (Phi) is 10.3. The molecule has 1 atom stereocenters. The van der Waals surface area contributed by atoms with Crippen LogP contribution in [0.2, 0.25) is 0 Å². The van der Waals surface area contributed by atoms with Crippen molar-refractivity contribution in [1.29, 1.82) is 0 Å². The van der Waals surface area contributed by atoms with E-state index < -0.39 is 0 Å². The molecule has 7 heteroatoms. The molecule has 0 aromatic carbocycles. The molecule has 1 fully saturated rings. The molecular formula is C16H31IN6. The molecule has 0 saturated carbocycles. The largest absolute Gasteiger partial charge is 0.356 e. The Morgan fingerprint density at radius 2 is 2.09 bits per heavy atom. The van der Waals surface area contributed by atoms with E-state index in [1.807, 2.05) is 30.2 Å². The fourth-order valence-corrected chi connectivity index (χ4v) is 2.91. The third-order valence-corrected chi connectivity index (χ3v) is 4.27. The predicted octanol–water partition coefficient (Wildman–Crippen LogP) is 1.93. The average molecular weight is 434 g/mol. The second-order valence-corrected chi connectivity index (χ2v) is 5.93. The molecule has 1 aliphatic heterocycles. The molecule has 23 heavy (non-hydrogen) atoms. The van der Waals surface area contributed by atoms with Crippen LogP contribution in [0.5, 0.6) is 0 Å². The molecule has 1 aromatic rings. The van der Waals surface area contributed by atoms with E-state index in [2.05, 4.69) is 32.5 Å². The first-order valence-corrected chi connectivity index (χ1v) is 8.45. The number of aromatic nitrogens is 2. The molecule has 0 bridgehead atoms. The molecular weight excluding hydrogens is 403 g/mol. The summed E-state index contributed by atoms with van der Waals surface area (Å²) in [6, 6.07) is 2.68. The van der Waals surface area contributed by atoms with Crippen molar-refractivity contribution in [3.63, 3.8) is 0 Å². The molecule has 6 nitrogen and oxygen atoms in total. The van der Waals surface area contributed by atoms with Crippen LogP contribution in [0.3, 0.4) is 0 Å². The summed E-state index contributed by atoms with van der Waals surface area (Å²) >= 11 is 0. The summed E-state index contributed by atoms with van der Waals surface area (Å²) in [5.41, 5.74) is 0. The van der Waals surface area contributed by atoms with Crippen molar-refractivity contribution in [2.45, 2.75) is 45.2 Å². The van der Waals surface area contributed by atoms with Crippen LogP contribution in [0.25, 0.3) is 0 Å². The zero-order chi connectivity index (χ0) is 15.6. The average Bonchev–Trinajstić information content (AvgIpc) is 3.05. The minimum absolute atomic E-state index is 0. The monoisotopic (exact) mass is 434 g/mol. The summed E-state index contributed by atoms with van der Waals surface area (Å²) in [6.07, 6.45) is 8.89. The molecule has 1 saturated heterocycles. The summed E-state index contributed by atoms with van der Waals surface area (Å²) in [4.78, 5) is 6.85. The molecule has 0 radical (unpaired) electrons. The maximum atomic E-state index is 4.28. The van der Waals surface area contributed by atoms with Gasteiger partial charge in [-0.1, -0.05) is 6.42 Å². The van der Waals surface area contributed by atoms with Crippen LogP contribution in [0.1, 0.15) is 32.6 Å². The van der Waals surface area contributed by atoms with Gasteiger partial charge in [-0.05, 0) is 38.8 Å². The van der Waals surface area contributed by atoms with Crippen molar-refractivity contribution in [2.75, 3.05) is 33.2 Å². The highest BCUT2D eigenvalue weighted by molar-refractivity contribution is 14.0. The van der Waals surface area contributed by atoms with Gasteiger partial charge in [0, 0.05) is 51.7 Å². The Morgan fingerprint density at radius 1 is 1.26 bits per heavy atom. The Hall–Kier alpha value is -0.830. The fraction of sp³-hybridized carbons (Fsp3) is 0.750. The van der Waals surface area contributed by atoms with Crippen molar-refractivity contribution in [3.05, 3.63) is 18.5 Å². The van der Waals surface area contributed by atoms with E-state index in [0.29, 0.717) is 0 Å². The Bertz CT molecular complexity index is 434. The molecule has 0 amide bonds. The smallest absolute Gasteiger partial charge is 0.191 e. The SMILES string of the molecule is CN=C(NCCCn1cccn1)NCCN1CCCCC1C.I. The predicted molar refractivity (Wildman–Crippen MR) is 107 cm³/mol. The number of nitrogens with one attached hydrogen (secondary N) is 2. The van der Waals surface area contributed by atoms with Crippen LogP contribution >= 0.6 is 24.0 Å². The van der Waals surface area contributed by atoms with Gasteiger partial charge in [0.05, 0.1) is 0 Å². The van der Waals surface area contributed by atoms with Crippen molar-refractivity contribution < 1.29 is 0 Å². The van der Waals surface area contributed by atoms with E-state index in [1.165, 1.54) is 25.8 Å². The minimum atomic E-state index is 0. The molecule has 0 aliphatic carbocycles. The molecule has 1 unspecified atom stereocenters. The van der Waals surface area contributed by atoms with Crippen molar-refractivity contribution in [1.82, 2.24) is 25.3 Å². The number of hydrogen-bond acceptors (Lipinski definition) is 3. The van der Waals surface area contributed by atoms with E-state index >= 15 is 0 Å². The highest BCUT2D eigenvalue weighted by Gasteiger charge is 2.17. The van der Waals surface area contributed by atoms with Gasteiger partial charge in [-0.15, -0.1) is 24.0 Å². The van der Waals surface area contributed by atoms with E-state index in [0.717, 1.165) is 44.6 Å². The van der Waals surface area contributed by atoms with Gasteiger partial charge < -0.3 is 10.6 Å². The van der Waals surface area contributed by atoms with E-state index in [9.17, 15) is 0 Å². The van der Waals surface area contributed by atoms with E-state index in [4.69, 9.17) is 0 Å². The third kappa shape index (κ3) is 7.52. The Morgan fingerprint density at radius 3 is 2.78 bits per heavy atom. The lowest BCUT2D eigenvalue weighted by Gasteiger charge is -2.33. The summed E-state index contributed by atoms with van der Waals surface area (Å²) in [5, 5.41) is 11.0. The second-order valence-electron chi connectivity index (χ2n) is 5.93. The van der Waals surface area contributed by atoms with Gasteiger partial charge in [0.25, 0.3) is 0 Å². The zero-order valence-electron chi connectivity index (χ0n) is 14.4. The lowest BCUT2D eigenvalue weighted by molar-refractivity contribution is 0.163. The number of halogens is 1. The number of rotatable bonds is 7. The number of hydrogen-bond donors (Lipinski definition) is 2. The van der Waals surface area contributed by atoms with Crippen molar-refractivity contribution >= 4 is 29.9 Å². The van der Waals surface area contributed by atoms with E-state index in [-0.39, 0.29) is 24.0 Å². The maximum Gasteiger partial charge on any atom is 0.191 e. The van der Waals surface area contributed by atoms with Crippen LogP contribution < -0.4 is 10.6 Å². The van der Waals surface area contributed by atoms with Gasteiger partial charge in [-0.2, -0.15) is 5.10 Å². The summed E-state index contributed by atoms with van der Waals surface area (Å²) in [6.45, 7) is 7.44. The minimum Gasteiger partial charge on any atom is -0.356 e. The van der Waals surface area contributed by atoms with Gasteiger partial charge >= 0.3 is 0 Å². The molecule has 0 spiro atoms. The quantitative estimate of drug-likeness (QED) is 0.298. The molecule has 2 rings (SSSR count). The lowest BCUT2D eigenvalue weighted by Crippen LogP contribution is -2.45. The van der Waals surface area contributed by atoms with Gasteiger partial charge in [0.1, 0.15) is 0 Å². The zero-order valence-corrected chi connectivity index (χ0v) is 16.7. The summed E-state index contributed by atoms with van der Waals surface area (Å²) in [5.74, 6) is 0.894.